The van der Waals surface area contributed by atoms with E-state index in [1.807, 2.05) is 24.3 Å². The fourth-order valence-electron chi connectivity index (χ4n) is 1.45. The molecule has 0 unspecified atom stereocenters. The van der Waals surface area contributed by atoms with Gasteiger partial charge in [0.2, 0.25) is 0 Å². The fraction of sp³-hybridized carbons (Fsp3) is 0.0833. The van der Waals surface area contributed by atoms with Gasteiger partial charge >= 0.3 is 0 Å². The molecule has 1 aromatic heterocycles. The Morgan fingerprint density at radius 1 is 1.35 bits per heavy atom. The fourth-order valence-corrected chi connectivity index (χ4v) is 2.00. The van der Waals surface area contributed by atoms with Gasteiger partial charge in [0.15, 0.2) is 0 Å². The van der Waals surface area contributed by atoms with Crippen molar-refractivity contribution in [3.05, 3.63) is 40.6 Å². The maximum atomic E-state index is 8.41. The average Bonchev–Trinajstić information content (AvgIpc) is 2.78. The van der Waals surface area contributed by atoms with Crippen LogP contribution in [0.3, 0.4) is 0 Å². The Morgan fingerprint density at radius 2 is 2.18 bits per heavy atom. The van der Waals surface area contributed by atoms with Crippen LogP contribution in [0.15, 0.2) is 44.4 Å². The highest BCUT2D eigenvalue weighted by Gasteiger charge is 2.08. The summed E-state index contributed by atoms with van der Waals surface area (Å²) >= 11 is 3.45. The van der Waals surface area contributed by atoms with Crippen molar-refractivity contribution in [1.82, 2.24) is 0 Å². The van der Waals surface area contributed by atoms with Crippen LogP contribution in [0.4, 0.5) is 0 Å². The second kappa shape index (κ2) is 5.05. The molecule has 2 aromatic rings. The maximum Gasteiger partial charge on any atom is 0.149 e. The zero-order valence-electron chi connectivity index (χ0n) is 9.05. The standard InChI is InChI=1S/C12H10BrNO3/c1-16-8-2-4-10(11(13)6-8)12-5-3-9(17-12)7-14-15/h2-7,15H,1H3/b14-7+. The van der Waals surface area contributed by atoms with Gasteiger partial charge in [0.05, 0.1) is 7.11 Å². The molecule has 0 atom stereocenters. The number of nitrogens with zero attached hydrogens (tertiary/aromatic N) is 1. The van der Waals surface area contributed by atoms with E-state index in [2.05, 4.69) is 21.1 Å². The number of rotatable bonds is 3. The molecule has 0 bridgehead atoms. The third-order valence-electron chi connectivity index (χ3n) is 2.25. The molecule has 0 aliphatic heterocycles. The highest BCUT2D eigenvalue weighted by molar-refractivity contribution is 9.10. The Bertz CT molecular complexity index is 548. The van der Waals surface area contributed by atoms with Crippen LogP contribution in [0, 0.1) is 0 Å². The molecule has 1 N–H and O–H groups in total. The molecule has 0 aliphatic carbocycles. The van der Waals surface area contributed by atoms with Gasteiger partial charge in [0, 0.05) is 10.0 Å². The number of ether oxygens (including phenoxy) is 1. The first kappa shape index (κ1) is 11.7. The zero-order chi connectivity index (χ0) is 12.3. The first-order chi connectivity index (χ1) is 8.24. The summed E-state index contributed by atoms with van der Waals surface area (Å²) in [6.45, 7) is 0. The lowest BCUT2D eigenvalue weighted by molar-refractivity contribution is 0.321. The van der Waals surface area contributed by atoms with Gasteiger partial charge in [-0.25, -0.2) is 0 Å². The molecule has 1 heterocycles. The molecule has 88 valence electrons. The van der Waals surface area contributed by atoms with E-state index in [4.69, 9.17) is 14.4 Å². The molecule has 4 nitrogen and oxygen atoms in total. The van der Waals surface area contributed by atoms with Crippen LogP contribution in [-0.4, -0.2) is 18.5 Å². The summed E-state index contributed by atoms with van der Waals surface area (Å²) in [6.07, 6.45) is 1.24. The molecule has 2 rings (SSSR count). The molecule has 1 aromatic carbocycles. The number of oxime groups is 1. The van der Waals surface area contributed by atoms with E-state index in [1.54, 1.807) is 13.2 Å². The normalized spacial score (nSPS) is 10.9. The highest BCUT2D eigenvalue weighted by atomic mass is 79.9. The summed E-state index contributed by atoms with van der Waals surface area (Å²) in [4.78, 5) is 0. The molecule has 0 saturated carbocycles. The maximum absolute atomic E-state index is 8.41. The van der Waals surface area contributed by atoms with Gasteiger partial charge in [-0.05, 0) is 46.3 Å². The molecular weight excluding hydrogens is 286 g/mol. The Labute approximate surface area is 107 Å². The van der Waals surface area contributed by atoms with Crippen LogP contribution in [-0.2, 0) is 0 Å². The average molecular weight is 296 g/mol. The van der Waals surface area contributed by atoms with Crippen molar-refractivity contribution >= 4 is 22.1 Å². The van der Waals surface area contributed by atoms with Gasteiger partial charge in [0.25, 0.3) is 0 Å². The molecule has 0 spiro atoms. The minimum absolute atomic E-state index is 0.491. The molecule has 0 saturated heterocycles. The van der Waals surface area contributed by atoms with Crippen LogP contribution in [0.5, 0.6) is 5.75 Å². The van der Waals surface area contributed by atoms with Crippen LogP contribution in [0.1, 0.15) is 5.76 Å². The van der Waals surface area contributed by atoms with Gasteiger partial charge in [-0.2, -0.15) is 0 Å². The zero-order valence-corrected chi connectivity index (χ0v) is 10.6. The van der Waals surface area contributed by atoms with Gasteiger partial charge in [-0.1, -0.05) is 5.16 Å². The van der Waals surface area contributed by atoms with Crippen molar-refractivity contribution in [2.24, 2.45) is 5.16 Å². The number of hydrogen-bond donors (Lipinski definition) is 1. The molecule has 5 heteroatoms. The lowest BCUT2D eigenvalue weighted by atomic mass is 10.2. The number of furan rings is 1. The minimum Gasteiger partial charge on any atom is -0.497 e. The van der Waals surface area contributed by atoms with E-state index in [0.717, 1.165) is 15.8 Å². The first-order valence-corrected chi connectivity index (χ1v) is 5.65. The summed E-state index contributed by atoms with van der Waals surface area (Å²) in [5.41, 5.74) is 0.906. The predicted octanol–water partition coefficient (Wildman–Crippen LogP) is 3.53. The molecule has 17 heavy (non-hydrogen) atoms. The Hall–Kier alpha value is -1.75. The second-order valence-corrected chi connectivity index (χ2v) is 4.15. The van der Waals surface area contributed by atoms with E-state index in [-0.39, 0.29) is 0 Å². The Balaban J connectivity index is 2.38. The Morgan fingerprint density at radius 3 is 2.82 bits per heavy atom. The van der Waals surface area contributed by atoms with Crippen molar-refractivity contribution in [2.45, 2.75) is 0 Å². The van der Waals surface area contributed by atoms with Gasteiger partial charge < -0.3 is 14.4 Å². The van der Waals surface area contributed by atoms with E-state index in [9.17, 15) is 0 Å². The number of halogens is 1. The lowest BCUT2D eigenvalue weighted by Gasteiger charge is -2.04. The van der Waals surface area contributed by atoms with Crippen molar-refractivity contribution < 1.29 is 14.4 Å². The molecule has 0 fully saturated rings. The van der Waals surface area contributed by atoms with Crippen LogP contribution in [0.2, 0.25) is 0 Å². The smallest absolute Gasteiger partial charge is 0.149 e. The molecular formula is C12H10BrNO3. The van der Waals surface area contributed by atoms with E-state index >= 15 is 0 Å². The van der Waals surface area contributed by atoms with E-state index in [0.29, 0.717) is 11.5 Å². The third kappa shape index (κ3) is 2.50. The van der Waals surface area contributed by atoms with E-state index < -0.39 is 0 Å². The van der Waals surface area contributed by atoms with Crippen LogP contribution in [0.25, 0.3) is 11.3 Å². The van der Waals surface area contributed by atoms with Crippen molar-refractivity contribution in [1.29, 1.82) is 0 Å². The van der Waals surface area contributed by atoms with Crippen LogP contribution >= 0.6 is 15.9 Å². The first-order valence-electron chi connectivity index (χ1n) is 4.86. The Kier molecular flexibility index (Phi) is 3.49. The predicted molar refractivity (Wildman–Crippen MR) is 67.8 cm³/mol. The topological polar surface area (TPSA) is 55.0 Å². The van der Waals surface area contributed by atoms with Crippen molar-refractivity contribution in [3.8, 4) is 17.1 Å². The van der Waals surface area contributed by atoms with Crippen molar-refractivity contribution in [2.75, 3.05) is 7.11 Å². The molecule has 0 amide bonds. The monoisotopic (exact) mass is 295 g/mol. The summed E-state index contributed by atoms with van der Waals surface area (Å²) in [5.74, 6) is 1.95. The SMILES string of the molecule is COc1ccc(-c2ccc(/C=N/O)o2)c(Br)c1. The largest absolute Gasteiger partial charge is 0.497 e. The van der Waals surface area contributed by atoms with Crippen molar-refractivity contribution in [3.63, 3.8) is 0 Å². The summed E-state index contributed by atoms with van der Waals surface area (Å²) < 4.78 is 11.5. The summed E-state index contributed by atoms with van der Waals surface area (Å²) in [6, 6.07) is 9.14. The van der Waals surface area contributed by atoms with Gasteiger partial charge in [0.1, 0.15) is 23.5 Å². The lowest BCUT2D eigenvalue weighted by Crippen LogP contribution is -1.83. The van der Waals surface area contributed by atoms with Gasteiger partial charge in [-0.3, -0.25) is 0 Å². The summed E-state index contributed by atoms with van der Waals surface area (Å²) in [7, 11) is 1.62. The molecule has 0 radical (unpaired) electrons. The number of hydrogen-bond acceptors (Lipinski definition) is 4. The van der Waals surface area contributed by atoms with Gasteiger partial charge in [-0.15, -0.1) is 0 Å². The molecule has 0 aliphatic rings. The van der Waals surface area contributed by atoms with Crippen LogP contribution < -0.4 is 4.74 Å². The second-order valence-electron chi connectivity index (χ2n) is 3.29. The minimum atomic E-state index is 0.491. The third-order valence-corrected chi connectivity index (χ3v) is 2.91. The summed E-state index contributed by atoms with van der Waals surface area (Å²) in [5, 5.41) is 11.3. The number of methoxy groups -OCH3 is 1. The number of benzene rings is 1. The highest BCUT2D eigenvalue weighted by Crippen LogP contribution is 2.32. The quantitative estimate of drug-likeness (QED) is 0.535. The van der Waals surface area contributed by atoms with E-state index in [1.165, 1.54) is 6.21 Å².